The fraction of sp³-hybridized carbons (Fsp3) is 0.304. The highest BCUT2D eigenvalue weighted by atomic mass is 16.5. The van der Waals surface area contributed by atoms with E-state index in [9.17, 15) is 4.79 Å². The van der Waals surface area contributed by atoms with Crippen molar-refractivity contribution in [3.05, 3.63) is 72.1 Å². The number of ether oxygens (including phenoxy) is 1. The summed E-state index contributed by atoms with van der Waals surface area (Å²) in [6.45, 7) is 2.94. The van der Waals surface area contributed by atoms with Gasteiger partial charge in [-0.1, -0.05) is 37.3 Å². The maximum atomic E-state index is 13.0. The lowest BCUT2D eigenvalue weighted by Crippen LogP contribution is -2.36. The van der Waals surface area contributed by atoms with Crippen LogP contribution < -0.4 is 9.64 Å². The number of fused-ring (bicyclic) bond motifs is 1. The molecule has 3 aromatic rings. The van der Waals surface area contributed by atoms with Gasteiger partial charge in [0.05, 0.1) is 24.7 Å². The number of rotatable bonds is 5. The Morgan fingerprint density at radius 1 is 1.18 bits per heavy atom. The Labute approximate surface area is 165 Å². The lowest BCUT2D eigenvalue weighted by atomic mass is 9.90. The van der Waals surface area contributed by atoms with Crippen LogP contribution >= 0.6 is 0 Å². The Kier molecular flexibility index (Phi) is 5.15. The van der Waals surface area contributed by atoms with Crippen LogP contribution in [-0.2, 0) is 11.2 Å². The fourth-order valence-corrected chi connectivity index (χ4v) is 3.83. The van der Waals surface area contributed by atoms with Gasteiger partial charge < -0.3 is 9.64 Å². The maximum absolute atomic E-state index is 13.0. The summed E-state index contributed by atoms with van der Waals surface area (Å²) in [6.07, 6.45) is 5.93. The van der Waals surface area contributed by atoms with Crippen molar-refractivity contribution in [2.24, 2.45) is 0 Å². The minimum atomic E-state index is 0.130. The standard InChI is InChI=1S/C23H25N3O2/c1-17-13-14-25(23-20(17)9-6-10-21(23)28-2)22(27)12-11-18-15-24-26(16-18)19-7-4-3-5-8-19/h3-10,15-17H,11-14H2,1-2H3/t17-/m1/s1. The first kappa shape index (κ1) is 18.3. The minimum absolute atomic E-state index is 0.130. The molecule has 0 saturated heterocycles. The number of carbonyl (C=O) groups is 1. The van der Waals surface area contributed by atoms with Crippen LogP contribution in [-0.4, -0.2) is 29.3 Å². The van der Waals surface area contributed by atoms with Crippen molar-refractivity contribution in [3.8, 4) is 11.4 Å². The zero-order valence-corrected chi connectivity index (χ0v) is 16.3. The molecule has 5 heteroatoms. The molecule has 0 N–H and O–H groups in total. The van der Waals surface area contributed by atoms with Gasteiger partial charge in [0.2, 0.25) is 5.91 Å². The molecule has 2 aromatic carbocycles. The number of benzene rings is 2. The Bertz CT molecular complexity index is 965. The molecule has 0 radical (unpaired) electrons. The smallest absolute Gasteiger partial charge is 0.227 e. The third-order valence-corrected chi connectivity index (χ3v) is 5.42. The molecule has 1 aliphatic rings. The van der Waals surface area contributed by atoms with Crippen molar-refractivity contribution in [1.29, 1.82) is 0 Å². The van der Waals surface area contributed by atoms with Gasteiger partial charge in [-0.3, -0.25) is 4.79 Å². The van der Waals surface area contributed by atoms with Crippen LogP contribution in [0.5, 0.6) is 5.75 Å². The van der Waals surface area contributed by atoms with Crippen molar-refractivity contribution in [3.63, 3.8) is 0 Å². The summed E-state index contributed by atoms with van der Waals surface area (Å²) in [7, 11) is 1.66. The van der Waals surface area contributed by atoms with Gasteiger partial charge in [0.1, 0.15) is 5.75 Å². The summed E-state index contributed by atoms with van der Waals surface area (Å²) in [6, 6.07) is 16.0. The van der Waals surface area contributed by atoms with Gasteiger partial charge in [0.25, 0.3) is 0 Å². The zero-order valence-electron chi connectivity index (χ0n) is 16.3. The molecule has 1 atom stereocenters. The van der Waals surface area contributed by atoms with E-state index in [1.807, 2.05) is 64.4 Å². The first-order valence-corrected chi connectivity index (χ1v) is 9.73. The van der Waals surface area contributed by atoms with Crippen molar-refractivity contribution in [2.75, 3.05) is 18.6 Å². The number of hydrogen-bond donors (Lipinski definition) is 0. The number of nitrogens with zero attached hydrogens (tertiary/aromatic N) is 3. The normalized spacial score (nSPS) is 15.9. The molecule has 5 nitrogen and oxygen atoms in total. The van der Waals surface area contributed by atoms with E-state index in [4.69, 9.17) is 4.74 Å². The summed E-state index contributed by atoms with van der Waals surface area (Å²) in [5.41, 5.74) is 4.20. The maximum Gasteiger partial charge on any atom is 0.227 e. The van der Waals surface area contributed by atoms with Crippen molar-refractivity contribution in [2.45, 2.75) is 32.1 Å². The molecule has 4 rings (SSSR count). The third-order valence-electron chi connectivity index (χ3n) is 5.42. The first-order chi connectivity index (χ1) is 13.7. The lowest BCUT2D eigenvalue weighted by Gasteiger charge is -2.34. The molecule has 0 saturated carbocycles. The molecule has 2 heterocycles. The van der Waals surface area contributed by atoms with Gasteiger partial charge in [-0.05, 0) is 48.1 Å². The molecule has 0 unspecified atom stereocenters. The predicted octanol–water partition coefficient (Wildman–Crippen LogP) is 4.35. The molecule has 1 aromatic heterocycles. The predicted molar refractivity (Wildman–Crippen MR) is 110 cm³/mol. The van der Waals surface area contributed by atoms with Crippen molar-refractivity contribution in [1.82, 2.24) is 9.78 Å². The van der Waals surface area contributed by atoms with Crippen LogP contribution in [0.2, 0.25) is 0 Å². The molecule has 0 bridgehead atoms. The lowest BCUT2D eigenvalue weighted by molar-refractivity contribution is -0.118. The van der Waals surface area contributed by atoms with E-state index in [0.717, 1.165) is 35.7 Å². The Morgan fingerprint density at radius 2 is 2.00 bits per heavy atom. The van der Waals surface area contributed by atoms with E-state index >= 15 is 0 Å². The second kappa shape index (κ2) is 7.89. The summed E-state index contributed by atoms with van der Waals surface area (Å²) >= 11 is 0. The highest BCUT2D eigenvalue weighted by molar-refractivity contribution is 5.96. The van der Waals surface area contributed by atoms with Crippen LogP contribution in [0.15, 0.2) is 60.9 Å². The Hall–Kier alpha value is -3.08. The second-order valence-corrected chi connectivity index (χ2v) is 7.26. The quantitative estimate of drug-likeness (QED) is 0.666. The number of hydrogen-bond acceptors (Lipinski definition) is 3. The average Bonchev–Trinajstić information content (AvgIpc) is 3.22. The second-order valence-electron chi connectivity index (χ2n) is 7.26. The molecular formula is C23H25N3O2. The Balaban J connectivity index is 1.48. The van der Waals surface area contributed by atoms with Gasteiger partial charge >= 0.3 is 0 Å². The van der Waals surface area contributed by atoms with Crippen LogP contribution in [0.1, 0.15) is 36.8 Å². The molecule has 0 spiro atoms. The van der Waals surface area contributed by atoms with Gasteiger partial charge in [-0.25, -0.2) is 4.68 Å². The van der Waals surface area contributed by atoms with Crippen molar-refractivity contribution >= 4 is 11.6 Å². The topological polar surface area (TPSA) is 47.4 Å². The van der Waals surface area contributed by atoms with Gasteiger partial charge in [-0.15, -0.1) is 0 Å². The van der Waals surface area contributed by atoms with E-state index in [1.165, 1.54) is 5.56 Å². The van der Waals surface area contributed by atoms with E-state index in [-0.39, 0.29) is 5.91 Å². The SMILES string of the molecule is COc1cccc2c1N(C(=O)CCc1cnn(-c3ccccc3)c1)CC[C@H]2C. The van der Waals surface area contributed by atoms with E-state index in [0.29, 0.717) is 18.8 Å². The van der Waals surface area contributed by atoms with E-state index in [2.05, 4.69) is 18.1 Å². The first-order valence-electron chi connectivity index (χ1n) is 9.73. The number of aryl methyl sites for hydroxylation is 1. The number of aromatic nitrogens is 2. The highest BCUT2D eigenvalue weighted by Crippen LogP contribution is 2.41. The van der Waals surface area contributed by atoms with Crippen LogP contribution in [0.25, 0.3) is 5.69 Å². The molecule has 28 heavy (non-hydrogen) atoms. The Morgan fingerprint density at radius 3 is 2.79 bits per heavy atom. The number of para-hydroxylation sites is 2. The summed E-state index contributed by atoms with van der Waals surface area (Å²) < 4.78 is 7.40. The van der Waals surface area contributed by atoms with Gasteiger partial charge in [0.15, 0.2) is 0 Å². The summed E-state index contributed by atoms with van der Waals surface area (Å²) in [5, 5.41) is 4.42. The van der Waals surface area contributed by atoms with Gasteiger partial charge in [0, 0.05) is 19.2 Å². The molecule has 0 fully saturated rings. The van der Waals surface area contributed by atoms with Crippen LogP contribution in [0.3, 0.4) is 0 Å². The largest absolute Gasteiger partial charge is 0.495 e. The number of amides is 1. The highest BCUT2D eigenvalue weighted by Gasteiger charge is 2.29. The molecular weight excluding hydrogens is 350 g/mol. The average molecular weight is 375 g/mol. The molecule has 144 valence electrons. The summed E-state index contributed by atoms with van der Waals surface area (Å²) in [4.78, 5) is 14.9. The van der Waals surface area contributed by atoms with Gasteiger partial charge in [-0.2, -0.15) is 5.10 Å². The van der Waals surface area contributed by atoms with Crippen molar-refractivity contribution < 1.29 is 9.53 Å². The van der Waals surface area contributed by atoms with Crippen LogP contribution in [0, 0.1) is 0 Å². The third kappa shape index (κ3) is 3.52. The number of methoxy groups -OCH3 is 1. The number of carbonyl (C=O) groups excluding carboxylic acids is 1. The summed E-state index contributed by atoms with van der Waals surface area (Å²) in [5.74, 6) is 1.33. The molecule has 0 aliphatic carbocycles. The number of anilines is 1. The minimum Gasteiger partial charge on any atom is -0.495 e. The van der Waals surface area contributed by atoms with Crippen LogP contribution in [0.4, 0.5) is 5.69 Å². The monoisotopic (exact) mass is 375 g/mol. The molecule has 1 amide bonds. The van der Waals surface area contributed by atoms with E-state index in [1.54, 1.807) is 7.11 Å². The van der Waals surface area contributed by atoms with E-state index < -0.39 is 0 Å². The zero-order chi connectivity index (χ0) is 19.5. The fourth-order valence-electron chi connectivity index (χ4n) is 3.83. The molecule has 1 aliphatic heterocycles.